The van der Waals surface area contributed by atoms with E-state index in [1.54, 1.807) is 0 Å². The summed E-state index contributed by atoms with van der Waals surface area (Å²) >= 11 is 2.82. The number of carboxylic acids is 1. The quantitative estimate of drug-likeness (QED) is 0.705. The summed E-state index contributed by atoms with van der Waals surface area (Å²) in [7, 11) is -3.53. The number of nitrogens with zero attached hydrogens (tertiary/aromatic N) is 1. The molecule has 14 heavy (non-hydrogen) atoms. The van der Waals surface area contributed by atoms with Gasteiger partial charge in [-0.2, -0.15) is 4.31 Å². The minimum atomic E-state index is -3.53. The summed E-state index contributed by atoms with van der Waals surface area (Å²) in [5.74, 6) is -1.19. The van der Waals surface area contributed by atoms with Gasteiger partial charge in [0.15, 0.2) is 0 Å². The highest BCUT2D eigenvalue weighted by atomic mass is 79.9. The number of sulfonamides is 1. The topological polar surface area (TPSA) is 83.9 Å². The predicted molar refractivity (Wildman–Crippen MR) is 51.7 cm³/mol. The van der Waals surface area contributed by atoms with E-state index >= 15 is 0 Å². The molecule has 1 N–H and O–H groups in total. The number of hydrogen-bond acceptors (Lipinski definition) is 4. The van der Waals surface area contributed by atoms with Gasteiger partial charge in [-0.25, -0.2) is 8.42 Å². The highest BCUT2D eigenvalue weighted by Crippen LogP contribution is 2.14. The summed E-state index contributed by atoms with van der Waals surface area (Å²) in [6.45, 7) is 0.225. The van der Waals surface area contributed by atoms with Crippen molar-refractivity contribution in [1.82, 2.24) is 4.31 Å². The maximum Gasteiger partial charge on any atom is 0.324 e. The van der Waals surface area contributed by atoms with E-state index in [2.05, 4.69) is 15.9 Å². The Kier molecular flexibility index (Phi) is 3.87. The Hall–Kier alpha value is -0.180. The van der Waals surface area contributed by atoms with E-state index in [-0.39, 0.29) is 24.4 Å². The SMILES string of the molecule is O=C(O)C1COCCN1S(=O)(=O)CBr. The van der Waals surface area contributed by atoms with Gasteiger partial charge in [-0.1, -0.05) is 15.9 Å². The molecule has 1 fully saturated rings. The molecule has 0 aromatic heterocycles. The monoisotopic (exact) mass is 287 g/mol. The third kappa shape index (κ3) is 2.44. The second kappa shape index (κ2) is 4.56. The van der Waals surface area contributed by atoms with Crippen molar-refractivity contribution in [3.63, 3.8) is 0 Å². The van der Waals surface area contributed by atoms with Crippen LogP contribution in [0.1, 0.15) is 0 Å². The smallest absolute Gasteiger partial charge is 0.324 e. The molecule has 1 atom stereocenters. The summed E-state index contributed by atoms with van der Waals surface area (Å²) < 4.78 is 28.4. The molecule has 1 aliphatic rings. The van der Waals surface area contributed by atoms with Crippen LogP contribution in [0, 0.1) is 0 Å². The van der Waals surface area contributed by atoms with Crippen LogP contribution in [0.15, 0.2) is 0 Å². The lowest BCUT2D eigenvalue weighted by atomic mass is 10.3. The molecule has 0 spiro atoms. The van der Waals surface area contributed by atoms with Crippen molar-refractivity contribution in [3.8, 4) is 0 Å². The zero-order valence-electron chi connectivity index (χ0n) is 7.22. The molecule has 1 heterocycles. The number of morpholine rings is 1. The van der Waals surface area contributed by atoms with E-state index in [0.717, 1.165) is 4.31 Å². The van der Waals surface area contributed by atoms with E-state index in [1.807, 2.05) is 0 Å². The van der Waals surface area contributed by atoms with Crippen LogP contribution in [-0.2, 0) is 19.6 Å². The second-order valence-electron chi connectivity index (χ2n) is 2.76. The Morgan fingerprint density at radius 1 is 1.64 bits per heavy atom. The summed E-state index contributed by atoms with van der Waals surface area (Å²) in [6.07, 6.45) is 0. The molecule has 0 bridgehead atoms. The van der Waals surface area contributed by atoms with Crippen LogP contribution < -0.4 is 0 Å². The second-order valence-corrected chi connectivity index (χ2v) is 5.99. The normalized spacial score (nSPS) is 24.8. The maximum absolute atomic E-state index is 11.4. The molecule has 0 amide bonds. The van der Waals surface area contributed by atoms with E-state index in [4.69, 9.17) is 9.84 Å². The number of halogens is 1. The van der Waals surface area contributed by atoms with Gasteiger partial charge in [0.05, 0.1) is 13.2 Å². The number of ether oxygens (including phenoxy) is 1. The number of hydrogen-bond donors (Lipinski definition) is 1. The minimum Gasteiger partial charge on any atom is -0.480 e. The lowest BCUT2D eigenvalue weighted by Gasteiger charge is -2.31. The molecule has 1 unspecified atom stereocenters. The van der Waals surface area contributed by atoms with Crippen molar-refractivity contribution in [2.24, 2.45) is 0 Å². The van der Waals surface area contributed by atoms with Gasteiger partial charge in [-0.3, -0.25) is 4.79 Å². The fourth-order valence-corrected chi connectivity index (χ4v) is 2.98. The van der Waals surface area contributed by atoms with Crippen molar-refractivity contribution >= 4 is 31.9 Å². The molecule has 6 nitrogen and oxygen atoms in total. The van der Waals surface area contributed by atoms with Crippen molar-refractivity contribution in [1.29, 1.82) is 0 Å². The Labute approximate surface area is 90.0 Å². The fraction of sp³-hybridized carbons (Fsp3) is 0.833. The summed E-state index contributed by atoms with van der Waals surface area (Å²) in [6, 6.07) is -1.11. The van der Waals surface area contributed by atoms with E-state index in [9.17, 15) is 13.2 Å². The first-order chi connectivity index (χ1) is 6.49. The van der Waals surface area contributed by atoms with Crippen LogP contribution >= 0.6 is 15.9 Å². The van der Waals surface area contributed by atoms with Gasteiger partial charge in [0.25, 0.3) is 0 Å². The van der Waals surface area contributed by atoms with Crippen molar-refractivity contribution in [3.05, 3.63) is 0 Å². The van der Waals surface area contributed by atoms with E-state index in [0.29, 0.717) is 0 Å². The third-order valence-electron chi connectivity index (χ3n) is 1.86. The molecular weight excluding hydrogens is 278 g/mol. The molecule has 0 aromatic rings. The highest BCUT2D eigenvalue weighted by Gasteiger charge is 2.36. The van der Waals surface area contributed by atoms with Gasteiger partial charge in [-0.05, 0) is 0 Å². The minimum absolute atomic E-state index is 0.0882. The molecule has 82 valence electrons. The van der Waals surface area contributed by atoms with Crippen molar-refractivity contribution in [2.45, 2.75) is 6.04 Å². The third-order valence-corrected chi connectivity index (χ3v) is 5.02. The van der Waals surface area contributed by atoms with Crippen LogP contribution in [0.5, 0.6) is 0 Å². The molecule has 1 rings (SSSR count). The standard InChI is InChI=1S/C6H10BrNO5S/c7-4-14(11,12)8-1-2-13-3-5(8)6(9)10/h5H,1-4H2,(H,9,10). The van der Waals surface area contributed by atoms with Crippen LogP contribution in [0.3, 0.4) is 0 Å². The first-order valence-electron chi connectivity index (χ1n) is 3.85. The van der Waals surface area contributed by atoms with Gasteiger partial charge in [0.1, 0.15) is 10.7 Å². The largest absolute Gasteiger partial charge is 0.480 e. The van der Waals surface area contributed by atoms with Gasteiger partial charge < -0.3 is 9.84 Å². The molecule has 0 aromatic carbocycles. The van der Waals surface area contributed by atoms with Crippen LogP contribution in [0.25, 0.3) is 0 Å². The van der Waals surface area contributed by atoms with Crippen LogP contribution in [-0.4, -0.2) is 54.3 Å². The number of carbonyl (C=O) groups is 1. The van der Waals surface area contributed by atoms with Gasteiger partial charge >= 0.3 is 5.97 Å². The van der Waals surface area contributed by atoms with Gasteiger partial charge in [-0.15, -0.1) is 0 Å². The summed E-state index contributed by atoms with van der Waals surface area (Å²) in [5.41, 5.74) is 0. The average molecular weight is 288 g/mol. The number of carboxylic acid groups (broad SMARTS) is 1. The lowest BCUT2D eigenvalue weighted by molar-refractivity contribution is -0.146. The molecular formula is C6H10BrNO5S. The molecule has 8 heteroatoms. The van der Waals surface area contributed by atoms with Crippen LogP contribution in [0.2, 0.25) is 0 Å². The zero-order chi connectivity index (χ0) is 10.8. The van der Waals surface area contributed by atoms with Crippen molar-refractivity contribution < 1.29 is 23.1 Å². The summed E-state index contributed by atoms with van der Waals surface area (Å²) in [4.78, 5) is 10.7. The van der Waals surface area contributed by atoms with E-state index in [1.165, 1.54) is 0 Å². The van der Waals surface area contributed by atoms with Crippen LogP contribution in [0.4, 0.5) is 0 Å². The number of alkyl halides is 1. The maximum atomic E-state index is 11.4. The Balaban J connectivity index is 2.88. The molecule has 0 radical (unpaired) electrons. The fourth-order valence-electron chi connectivity index (χ4n) is 1.18. The van der Waals surface area contributed by atoms with Gasteiger partial charge in [0.2, 0.25) is 10.0 Å². The first-order valence-corrected chi connectivity index (χ1v) is 6.58. The first kappa shape index (κ1) is 11.9. The zero-order valence-corrected chi connectivity index (χ0v) is 9.62. The Morgan fingerprint density at radius 2 is 2.29 bits per heavy atom. The Morgan fingerprint density at radius 3 is 2.79 bits per heavy atom. The lowest BCUT2D eigenvalue weighted by Crippen LogP contribution is -2.52. The molecule has 0 saturated carbocycles. The molecule has 1 aliphatic heterocycles. The predicted octanol–water partition coefficient (Wildman–Crippen LogP) is -0.546. The van der Waals surface area contributed by atoms with Gasteiger partial charge in [0, 0.05) is 6.54 Å². The van der Waals surface area contributed by atoms with Crippen molar-refractivity contribution in [2.75, 3.05) is 24.4 Å². The number of rotatable bonds is 3. The Bertz CT molecular complexity index is 316. The number of aliphatic carboxylic acids is 1. The average Bonchev–Trinajstić information content (AvgIpc) is 2.18. The molecule has 0 aliphatic carbocycles. The van der Waals surface area contributed by atoms with E-state index < -0.39 is 22.0 Å². The summed E-state index contributed by atoms with van der Waals surface area (Å²) in [5, 5.41) is 8.77. The molecule has 1 saturated heterocycles. The highest BCUT2D eigenvalue weighted by molar-refractivity contribution is 9.10.